The highest BCUT2D eigenvalue weighted by Crippen LogP contribution is 2.77. The third-order valence-corrected chi connectivity index (χ3v) is 11.9. The molecule has 5 rings (SSSR count). The average molecular weight is 485 g/mol. The van der Waals surface area contributed by atoms with Gasteiger partial charge in [0.1, 0.15) is 6.10 Å². The van der Waals surface area contributed by atoms with Crippen molar-refractivity contribution in [2.24, 2.45) is 45.3 Å². The molecule has 194 valence electrons. The zero-order chi connectivity index (χ0) is 25.6. The number of rotatable bonds is 4. The van der Waals surface area contributed by atoms with Gasteiger partial charge < -0.3 is 9.84 Å². The first-order chi connectivity index (χ1) is 16.3. The molecule has 0 bridgehead atoms. The lowest BCUT2D eigenvalue weighted by molar-refractivity contribution is -0.219. The van der Waals surface area contributed by atoms with Crippen molar-refractivity contribution in [3.63, 3.8) is 0 Å². The van der Waals surface area contributed by atoms with Crippen LogP contribution in [0.2, 0.25) is 0 Å². The molecule has 0 radical (unpaired) electrons. The number of allylic oxidation sites excluding steroid dienone is 1. The highest BCUT2D eigenvalue weighted by molar-refractivity contribution is 6.20. The Labute approximate surface area is 210 Å². The third-order valence-electron chi connectivity index (χ3n) is 11.9. The molecule has 0 heterocycles. The molecule has 0 saturated heterocycles. The van der Waals surface area contributed by atoms with Crippen LogP contribution in [0, 0.1) is 45.3 Å². The van der Waals surface area contributed by atoms with Gasteiger partial charge in [0.05, 0.1) is 18.1 Å². The quantitative estimate of drug-likeness (QED) is 0.425. The van der Waals surface area contributed by atoms with Crippen LogP contribution in [0.4, 0.5) is 0 Å². The normalized spacial score (nSPS) is 49.3. The van der Waals surface area contributed by atoms with Gasteiger partial charge in [-0.05, 0) is 92.3 Å². The zero-order valence-electron chi connectivity index (χ0n) is 22.5. The average Bonchev–Trinajstić information content (AvgIpc) is 3.38. The van der Waals surface area contributed by atoms with E-state index in [9.17, 15) is 19.5 Å². The summed E-state index contributed by atoms with van der Waals surface area (Å²) >= 11 is 0. The molecule has 5 heteroatoms. The molecular formula is C30H44O5. The lowest BCUT2D eigenvalue weighted by Gasteiger charge is -2.68. The minimum Gasteiger partial charge on any atom is -0.461 e. The maximum atomic E-state index is 13.2. The van der Waals surface area contributed by atoms with Crippen LogP contribution in [0.5, 0.6) is 0 Å². The fraction of sp³-hybridized carbons (Fsp3) is 0.833. The minimum absolute atomic E-state index is 0.0287. The van der Waals surface area contributed by atoms with Gasteiger partial charge in [-0.15, -0.1) is 0 Å². The molecule has 0 amide bonds. The number of hydrogen-bond acceptors (Lipinski definition) is 5. The number of fused-ring (bicyclic) bond motifs is 6. The lowest BCUT2D eigenvalue weighted by Crippen LogP contribution is -2.65. The van der Waals surface area contributed by atoms with Crippen LogP contribution < -0.4 is 0 Å². The van der Waals surface area contributed by atoms with Crippen LogP contribution in [-0.4, -0.2) is 34.9 Å². The van der Waals surface area contributed by atoms with Crippen molar-refractivity contribution in [3.8, 4) is 0 Å². The van der Waals surface area contributed by atoms with E-state index < -0.39 is 23.6 Å². The number of ether oxygens (including phenoxy) is 1. The van der Waals surface area contributed by atoms with Crippen LogP contribution >= 0.6 is 0 Å². The van der Waals surface area contributed by atoms with Crippen molar-refractivity contribution < 1.29 is 24.2 Å². The summed E-state index contributed by atoms with van der Waals surface area (Å²) in [5, 5.41) is 9.81. The van der Waals surface area contributed by atoms with E-state index in [0.29, 0.717) is 23.7 Å². The summed E-state index contributed by atoms with van der Waals surface area (Å²) in [6, 6.07) is 0. The first-order valence-electron chi connectivity index (χ1n) is 13.9. The number of esters is 1. The maximum absolute atomic E-state index is 13.2. The summed E-state index contributed by atoms with van der Waals surface area (Å²) in [5.74, 6) is 1.22. The lowest BCUT2D eigenvalue weighted by atomic mass is 9.36. The summed E-state index contributed by atoms with van der Waals surface area (Å²) in [4.78, 5) is 38.4. The number of carbonyl (C=O) groups is 3. The predicted molar refractivity (Wildman–Crippen MR) is 133 cm³/mol. The Morgan fingerprint density at radius 1 is 1.11 bits per heavy atom. The van der Waals surface area contributed by atoms with Crippen molar-refractivity contribution in [1.29, 1.82) is 0 Å². The highest BCUT2D eigenvalue weighted by Gasteiger charge is 2.71. The Kier molecular flexibility index (Phi) is 5.76. The second-order valence-electron chi connectivity index (χ2n) is 13.8. The number of carbonyl (C=O) groups excluding carboxylic acids is 3. The van der Waals surface area contributed by atoms with Gasteiger partial charge in [-0.1, -0.05) is 40.2 Å². The molecule has 10 atom stereocenters. The summed E-state index contributed by atoms with van der Waals surface area (Å²) in [6.07, 6.45) is 9.23. The fourth-order valence-corrected chi connectivity index (χ4v) is 10.2. The Bertz CT molecular complexity index is 981. The molecule has 0 aromatic rings. The van der Waals surface area contributed by atoms with Gasteiger partial charge in [-0.2, -0.15) is 0 Å². The predicted octanol–water partition coefficient (Wildman–Crippen LogP) is 5.43. The zero-order valence-corrected chi connectivity index (χ0v) is 22.5. The molecule has 4 fully saturated rings. The van der Waals surface area contributed by atoms with Gasteiger partial charge in [-0.25, -0.2) is 0 Å². The van der Waals surface area contributed by atoms with Gasteiger partial charge >= 0.3 is 5.97 Å². The van der Waals surface area contributed by atoms with Crippen LogP contribution in [0.25, 0.3) is 0 Å². The van der Waals surface area contributed by atoms with E-state index >= 15 is 0 Å². The molecule has 0 aliphatic heterocycles. The van der Waals surface area contributed by atoms with E-state index in [-0.39, 0.29) is 40.3 Å². The van der Waals surface area contributed by atoms with E-state index in [1.807, 2.05) is 6.08 Å². The topological polar surface area (TPSA) is 80.7 Å². The summed E-state index contributed by atoms with van der Waals surface area (Å²) in [7, 11) is 0. The van der Waals surface area contributed by atoms with E-state index in [4.69, 9.17) is 4.74 Å². The standard InChI is InChI=1S/C30H44O5/c1-17-15-30(17)10-7-9-27(4)22(30)8-11-28(5)23-13-21(33)20(19(3)32)16-29(23,6)25(14-24(27)28)35-26(34)12-18(2)31/h16-18,22-25,31H,7-15H2,1-6H3/t17-,18?,22?,23-,24+,25-,27-,28-,29+,30-/m0/s1. The smallest absolute Gasteiger partial charge is 0.308 e. The molecule has 35 heavy (non-hydrogen) atoms. The summed E-state index contributed by atoms with van der Waals surface area (Å²) in [6.45, 7) is 12.5. The van der Waals surface area contributed by atoms with Crippen molar-refractivity contribution in [3.05, 3.63) is 11.6 Å². The minimum atomic E-state index is -0.762. The summed E-state index contributed by atoms with van der Waals surface area (Å²) < 4.78 is 6.18. The van der Waals surface area contributed by atoms with Crippen molar-refractivity contribution >= 4 is 17.5 Å². The van der Waals surface area contributed by atoms with Crippen molar-refractivity contribution in [2.75, 3.05) is 0 Å². The molecule has 1 N–H and O–H groups in total. The number of ketones is 2. The van der Waals surface area contributed by atoms with Crippen LogP contribution in [-0.2, 0) is 19.1 Å². The molecular weight excluding hydrogens is 440 g/mol. The van der Waals surface area contributed by atoms with E-state index in [1.165, 1.54) is 39.0 Å². The van der Waals surface area contributed by atoms with Gasteiger partial charge in [0.25, 0.3) is 0 Å². The van der Waals surface area contributed by atoms with Crippen molar-refractivity contribution in [2.45, 2.75) is 112 Å². The Balaban J connectivity index is 1.58. The van der Waals surface area contributed by atoms with Crippen LogP contribution in [0.3, 0.4) is 0 Å². The van der Waals surface area contributed by atoms with Gasteiger partial charge in [-0.3, -0.25) is 14.4 Å². The SMILES string of the molecule is CC(=O)C1=C[C@@]2(C)[C@@H](OC(=O)CC(C)O)C[C@H]3[C@@](C)(CCC4[C@@]5(CCC[C@@]43C)C[C@@H]5C)[C@@H]2CC1=O. The van der Waals surface area contributed by atoms with E-state index in [1.54, 1.807) is 6.92 Å². The highest BCUT2D eigenvalue weighted by atomic mass is 16.5. The molecule has 5 aliphatic carbocycles. The first kappa shape index (κ1) is 25.2. The number of aliphatic hydroxyl groups excluding tert-OH is 1. The largest absolute Gasteiger partial charge is 0.461 e. The first-order valence-corrected chi connectivity index (χ1v) is 13.9. The molecule has 4 saturated carbocycles. The second-order valence-corrected chi connectivity index (χ2v) is 13.8. The molecule has 5 aliphatic rings. The Morgan fingerprint density at radius 3 is 2.37 bits per heavy atom. The summed E-state index contributed by atoms with van der Waals surface area (Å²) in [5.41, 5.74) is 0.304. The van der Waals surface area contributed by atoms with Crippen LogP contribution in [0.15, 0.2) is 11.6 Å². The third kappa shape index (κ3) is 3.54. The Hall–Kier alpha value is -1.49. The van der Waals surface area contributed by atoms with Gasteiger partial charge in [0.2, 0.25) is 0 Å². The molecule has 0 aromatic carbocycles. The van der Waals surface area contributed by atoms with E-state index in [0.717, 1.165) is 18.8 Å². The van der Waals surface area contributed by atoms with Crippen molar-refractivity contribution in [1.82, 2.24) is 0 Å². The number of aliphatic hydroxyl groups is 1. The fourth-order valence-electron chi connectivity index (χ4n) is 10.2. The maximum Gasteiger partial charge on any atom is 0.308 e. The molecule has 0 aromatic heterocycles. The van der Waals surface area contributed by atoms with E-state index in [2.05, 4.69) is 27.7 Å². The number of hydrogen-bond donors (Lipinski definition) is 1. The molecule has 2 unspecified atom stereocenters. The number of Topliss-reactive ketones (excluding diaryl/α,β-unsaturated/α-hetero) is 2. The van der Waals surface area contributed by atoms with Gasteiger partial charge in [0.15, 0.2) is 11.6 Å². The molecule has 5 nitrogen and oxygen atoms in total. The molecule has 1 spiro atoms. The monoisotopic (exact) mass is 484 g/mol. The Morgan fingerprint density at radius 2 is 1.77 bits per heavy atom. The second kappa shape index (κ2) is 8.00. The van der Waals surface area contributed by atoms with Gasteiger partial charge in [0, 0.05) is 11.8 Å². The van der Waals surface area contributed by atoms with Crippen LogP contribution in [0.1, 0.15) is 99.3 Å².